The second kappa shape index (κ2) is 6.40. The fraction of sp³-hybridized carbons (Fsp3) is 0.733. The first-order valence-corrected chi connectivity index (χ1v) is 8.19. The van der Waals surface area contributed by atoms with Crippen LogP contribution in [0.4, 0.5) is 0 Å². The average Bonchev–Trinajstić information content (AvgIpc) is 3.14. The van der Waals surface area contributed by atoms with E-state index >= 15 is 0 Å². The van der Waals surface area contributed by atoms with Gasteiger partial charge in [-0.25, -0.2) is 4.98 Å². The molecule has 0 spiro atoms. The fourth-order valence-electron chi connectivity index (χ4n) is 2.39. The Labute approximate surface area is 130 Å². The number of nitrogens with zero attached hydrogens (tertiary/aromatic N) is 1. The van der Waals surface area contributed by atoms with Crippen LogP contribution in [0.5, 0.6) is 0 Å². The number of thioether (sulfide) groups is 1. The topological polar surface area (TPSA) is 64.4 Å². The van der Waals surface area contributed by atoms with Gasteiger partial charge in [0.25, 0.3) is 5.22 Å². The van der Waals surface area contributed by atoms with Crippen molar-refractivity contribution in [3.8, 4) is 0 Å². The molecule has 0 aromatic carbocycles. The van der Waals surface area contributed by atoms with E-state index in [1.54, 1.807) is 11.8 Å². The van der Waals surface area contributed by atoms with E-state index < -0.39 is 5.54 Å². The van der Waals surface area contributed by atoms with Gasteiger partial charge in [0, 0.05) is 11.3 Å². The van der Waals surface area contributed by atoms with Gasteiger partial charge in [-0.3, -0.25) is 10.1 Å². The normalized spacial score (nSPS) is 19.1. The number of esters is 1. The first kappa shape index (κ1) is 16.4. The standard InChI is InChI=1S/C15H24N2O3S/c1-9(21-14-16-10(2)11(3)20-14)8-15(4,13(18)19-5)17-12-6-7-12/h9,12,17H,6-8H2,1-5H3. The highest BCUT2D eigenvalue weighted by Gasteiger charge is 2.40. The Hall–Kier alpha value is -1.01. The van der Waals surface area contributed by atoms with E-state index in [9.17, 15) is 4.79 Å². The van der Waals surface area contributed by atoms with Crippen LogP contribution in [0.3, 0.4) is 0 Å². The Bertz CT molecular complexity index is 494. The molecular formula is C15H24N2O3S. The molecule has 5 nitrogen and oxygen atoms in total. The van der Waals surface area contributed by atoms with E-state index in [2.05, 4.69) is 17.2 Å². The van der Waals surface area contributed by atoms with Crippen LogP contribution in [-0.4, -0.2) is 34.9 Å². The number of hydrogen-bond donors (Lipinski definition) is 1. The minimum Gasteiger partial charge on any atom is -0.468 e. The Morgan fingerprint density at radius 3 is 2.71 bits per heavy atom. The van der Waals surface area contributed by atoms with Crippen molar-refractivity contribution in [2.45, 2.75) is 69.0 Å². The van der Waals surface area contributed by atoms with Crippen LogP contribution in [0.1, 0.15) is 44.6 Å². The quantitative estimate of drug-likeness (QED) is 0.617. The highest BCUT2D eigenvalue weighted by molar-refractivity contribution is 7.99. The first-order chi connectivity index (χ1) is 9.84. The molecule has 2 unspecified atom stereocenters. The fourth-order valence-corrected chi connectivity index (χ4v) is 3.51. The van der Waals surface area contributed by atoms with Gasteiger partial charge >= 0.3 is 5.97 Å². The zero-order chi connectivity index (χ0) is 15.6. The Morgan fingerprint density at radius 1 is 1.57 bits per heavy atom. The second-order valence-electron chi connectivity index (χ2n) is 6.00. The maximum absolute atomic E-state index is 12.1. The van der Waals surface area contributed by atoms with Crippen LogP contribution in [0.15, 0.2) is 9.64 Å². The van der Waals surface area contributed by atoms with Gasteiger partial charge in [0.15, 0.2) is 0 Å². The minimum absolute atomic E-state index is 0.192. The van der Waals surface area contributed by atoms with Crippen LogP contribution in [0.25, 0.3) is 0 Å². The molecule has 6 heteroatoms. The average molecular weight is 312 g/mol. The molecule has 1 aromatic heterocycles. The summed E-state index contributed by atoms with van der Waals surface area (Å²) >= 11 is 1.56. The van der Waals surface area contributed by atoms with Crippen molar-refractivity contribution in [2.75, 3.05) is 7.11 Å². The molecule has 0 saturated heterocycles. The summed E-state index contributed by atoms with van der Waals surface area (Å²) in [6.07, 6.45) is 2.93. The molecule has 2 rings (SSSR count). The zero-order valence-corrected chi connectivity index (χ0v) is 14.2. The summed E-state index contributed by atoms with van der Waals surface area (Å²) in [6, 6.07) is 0.442. The van der Waals surface area contributed by atoms with Crippen molar-refractivity contribution in [1.29, 1.82) is 0 Å². The van der Waals surface area contributed by atoms with Crippen molar-refractivity contribution in [3.05, 3.63) is 11.5 Å². The van der Waals surface area contributed by atoms with E-state index in [4.69, 9.17) is 9.15 Å². The van der Waals surface area contributed by atoms with Gasteiger partial charge in [0.05, 0.1) is 12.8 Å². The number of carbonyl (C=O) groups excluding carboxylic acids is 1. The molecule has 21 heavy (non-hydrogen) atoms. The molecule has 1 saturated carbocycles. The van der Waals surface area contributed by atoms with Crippen LogP contribution in [0.2, 0.25) is 0 Å². The molecule has 0 bridgehead atoms. The smallest absolute Gasteiger partial charge is 0.325 e. The van der Waals surface area contributed by atoms with Crippen molar-refractivity contribution in [1.82, 2.24) is 10.3 Å². The molecule has 0 radical (unpaired) electrons. The predicted octanol–water partition coefficient (Wildman–Crippen LogP) is 2.85. The minimum atomic E-state index is -0.654. The molecular weight excluding hydrogens is 288 g/mol. The summed E-state index contributed by atoms with van der Waals surface area (Å²) < 4.78 is 10.6. The van der Waals surface area contributed by atoms with Crippen LogP contribution < -0.4 is 5.32 Å². The monoisotopic (exact) mass is 312 g/mol. The molecule has 1 N–H and O–H groups in total. The van der Waals surface area contributed by atoms with Gasteiger partial charge in [-0.05, 0) is 40.0 Å². The lowest BCUT2D eigenvalue weighted by Gasteiger charge is -2.30. The molecule has 1 fully saturated rings. The van der Waals surface area contributed by atoms with E-state index in [0.29, 0.717) is 17.7 Å². The number of rotatable bonds is 7. The maximum Gasteiger partial charge on any atom is 0.325 e. The van der Waals surface area contributed by atoms with Gasteiger partial charge in [-0.2, -0.15) is 0 Å². The van der Waals surface area contributed by atoms with Crippen molar-refractivity contribution < 1.29 is 13.9 Å². The lowest BCUT2D eigenvalue weighted by molar-refractivity contribution is -0.148. The number of oxazole rings is 1. The number of methoxy groups -OCH3 is 1. The SMILES string of the molecule is COC(=O)C(C)(CC(C)Sc1nc(C)c(C)o1)NC1CC1. The van der Waals surface area contributed by atoms with E-state index in [1.807, 2.05) is 20.8 Å². The second-order valence-corrected chi connectivity index (χ2v) is 7.39. The number of aromatic nitrogens is 1. The Kier molecular flexibility index (Phi) is 4.99. The van der Waals surface area contributed by atoms with Gasteiger partial charge in [0.2, 0.25) is 0 Å². The summed E-state index contributed by atoms with van der Waals surface area (Å²) in [7, 11) is 1.44. The highest BCUT2D eigenvalue weighted by Crippen LogP contribution is 2.32. The molecule has 118 valence electrons. The van der Waals surface area contributed by atoms with Crippen molar-refractivity contribution in [2.24, 2.45) is 0 Å². The van der Waals surface area contributed by atoms with Gasteiger partial charge < -0.3 is 9.15 Å². The van der Waals surface area contributed by atoms with Gasteiger partial charge in [-0.15, -0.1) is 0 Å². The summed E-state index contributed by atoms with van der Waals surface area (Å²) in [5.41, 5.74) is 0.260. The Balaban J connectivity index is 1.99. The first-order valence-electron chi connectivity index (χ1n) is 7.31. The van der Waals surface area contributed by atoms with Gasteiger partial charge in [0.1, 0.15) is 11.3 Å². The van der Waals surface area contributed by atoms with E-state index in [0.717, 1.165) is 24.3 Å². The third kappa shape index (κ3) is 4.23. The molecule has 1 heterocycles. The number of aryl methyl sites for hydroxylation is 2. The molecule has 2 atom stereocenters. The molecule has 0 amide bonds. The maximum atomic E-state index is 12.1. The van der Waals surface area contributed by atoms with Gasteiger partial charge in [-0.1, -0.05) is 18.7 Å². The van der Waals surface area contributed by atoms with Crippen molar-refractivity contribution in [3.63, 3.8) is 0 Å². The summed E-state index contributed by atoms with van der Waals surface area (Å²) in [4.78, 5) is 16.5. The van der Waals surface area contributed by atoms with Crippen LogP contribution >= 0.6 is 11.8 Å². The predicted molar refractivity (Wildman–Crippen MR) is 82.5 cm³/mol. The third-order valence-corrected chi connectivity index (χ3v) is 4.69. The van der Waals surface area contributed by atoms with Crippen molar-refractivity contribution >= 4 is 17.7 Å². The summed E-state index contributed by atoms with van der Waals surface area (Å²) in [5.74, 6) is 0.637. The number of nitrogens with one attached hydrogen (secondary N) is 1. The third-order valence-electron chi connectivity index (χ3n) is 3.74. The number of ether oxygens (including phenoxy) is 1. The lowest BCUT2D eigenvalue weighted by atomic mass is 9.96. The highest BCUT2D eigenvalue weighted by atomic mass is 32.2. The summed E-state index contributed by atoms with van der Waals surface area (Å²) in [6.45, 7) is 7.83. The molecule has 0 aliphatic heterocycles. The lowest BCUT2D eigenvalue weighted by Crippen LogP contribution is -2.52. The largest absolute Gasteiger partial charge is 0.468 e. The zero-order valence-electron chi connectivity index (χ0n) is 13.4. The summed E-state index contributed by atoms with van der Waals surface area (Å²) in [5, 5.41) is 4.27. The molecule has 1 aliphatic carbocycles. The van der Waals surface area contributed by atoms with E-state index in [1.165, 1.54) is 7.11 Å². The Morgan fingerprint density at radius 2 is 2.24 bits per heavy atom. The number of carbonyl (C=O) groups is 1. The van der Waals surface area contributed by atoms with Crippen LogP contribution in [0, 0.1) is 13.8 Å². The number of hydrogen-bond acceptors (Lipinski definition) is 6. The van der Waals surface area contributed by atoms with E-state index in [-0.39, 0.29) is 11.2 Å². The van der Waals surface area contributed by atoms with Crippen LogP contribution in [-0.2, 0) is 9.53 Å². The molecule has 1 aromatic rings. The molecule has 1 aliphatic rings.